The number of nitrogens with zero attached hydrogens (tertiary/aromatic N) is 2. The van der Waals surface area contributed by atoms with Crippen molar-refractivity contribution in [3.8, 4) is 0 Å². The van der Waals surface area contributed by atoms with Crippen molar-refractivity contribution in [1.29, 1.82) is 0 Å². The molecular formula is C23H24N2O3. The van der Waals surface area contributed by atoms with Crippen LogP contribution in [0, 0.1) is 0 Å². The molecule has 1 saturated heterocycles. The number of rotatable bonds is 3. The third-order valence-electron chi connectivity index (χ3n) is 5.26. The van der Waals surface area contributed by atoms with Crippen molar-refractivity contribution in [3.05, 3.63) is 82.3 Å². The lowest BCUT2D eigenvalue weighted by Crippen LogP contribution is -2.42. The number of carbonyl (C=O) groups is 1. The number of hydrogen-bond acceptors (Lipinski definition) is 3. The van der Waals surface area contributed by atoms with Crippen LogP contribution in [0.3, 0.4) is 0 Å². The minimum absolute atomic E-state index is 0.0228. The highest BCUT2D eigenvalue weighted by Gasteiger charge is 2.27. The first-order chi connectivity index (χ1) is 13.6. The van der Waals surface area contributed by atoms with Crippen molar-refractivity contribution >= 4 is 16.7 Å². The first-order valence-electron chi connectivity index (χ1n) is 9.66. The molecule has 5 nitrogen and oxygen atoms in total. The van der Waals surface area contributed by atoms with Crippen molar-refractivity contribution in [2.75, 3.05) is 19.7 Å². The number of aromatic nitrogens is 1. The number of ether oxygens (including phenoxy) is 1. The van der Waals surface area contributed by atoms with E-state index in [2.05, 4.69) is 0 Å². The molecule has 5 heteroatoms. The molecule has 1 atom stereocenters. The van der Waals surface area contributed by atoms with Gasteiger partial charge in [-0.15, -0.1) is 0 Å². The third-order valence-corrected chi connectivity index (χ3v) is 5.26. The predicted octanol–water partition coefficient (Wildman–Crippen LogP) is 3.80. The van der Waals surface area contributed by atoms with E-state index in [1.165, 1.54) is 0 Å². The smallest absolute Gasteiger partial charge is 0.258 e. The molecule has 2 heterocycles. The number of hydrogen-bond donors (Lipinski definition) is 0. The van der Waals surface area contributed by atoms with E-state index < -0.39 is 0 Å². The minimum Gasteiger partial charge on any atom is -0.370 e. The maximum atomic E-state index is 13.4. The van der Waals surface area contributed by atoms with E-state index in [-0.39, 0.29) is 23.6 Å². The standard InChI is InChI=1S/C23H24N2O3/c1-16(2)25-14-20(18-10-6-7-11-19(18)23(25)27)22(26)24-12-13-28-21(15-24)17-8-4-3-5-9-17/h3-11,14,16,21H,12-13,15H2,1-2H3. The van der Waals surface area contributed by atoms with Gasteiger partial charge in [0.05, 0.1) is 18.7 Å². The van der Waals surface area contributed by atoms with E-state index in [1.54, 1.807) is 16.8 Å². The fourth-order valence-electron chi connectivity index (χ4n) is 3.74. The molecule has 3 aromatic rings. The second kappa shape index (κ2) is 7.60. The average molecular weight is 376 g/mol. The average Bonchev–Trinajstić information content (AvgIpc) is 2.74. The summed E-state index contributed by atoms with van der Waals surface area (Å²) in [7, 11) is 0. The molecule has 0 aliphatic carbocycles. The molecule has 0 saturated carbocycles. The Morgan fingerprint density at radius 2 is 1.71 bits per heavy atom. The number of benzene rings is 2. The van der Waals surface area contributed by atoms with Gasteiger partial charge in [0.25, 0.3) is 11.5 Å². The molecule has 0 spiro atoms. The van der Waals surface area contributed by atoms with Gasteiger partial charge < -0.3 is 14.2 Å². The number of pyridine rings is 1. The molecule has 1 aromatic heterocycles. The van der Waals surface area contributed by atoms with Gasteiger partial charge in [-0.1, -0.05) is 48.5 Å². The van der Waals surface area contributed by atoms with Gasteiger partial charge >= 0.3 is 0 Å². The molecule has 1 amide bonds. The second-order valence-electron chi connectivity index (χ2n) is 7.42. The van der Waals surface area contributed by atoms with Gasteiger partial charge in [0.1, 0.15) is 6.10 Å². The lowest BCUT2D eigenvalue weighted by Gasteiger charge is -2.33. The van der Waals surface area contributed by atoms with E-state index in [0.717, 1.165) is 5.56 Å². The van der Waals surface area contributed by atoms with Gasteiger partial charge in [0, 0.05) is 29.6 Å². The highest BCUT2D eigenvalue weighted by atomic mass is 16.5. The maximum Gasteiger partial charge on any atom is 0.258 e. The summed E-state index contributed by atoms with van der Waals surface area (Å²) in [5.41, 5.74) is 1.57. The normalized spacial score (nSPS) is 17.2. The lowest BCUT2D eigenvalue weighted by molar-refractivity contribution is -0.0227. The molecular weight excluding hydrogens is 352 g/mol. The van der Waals surface area contributed by atoms with E-state index >= 15 is 0 Å². The van der Waals surface area contributed by atoms with E-state index in [1.807, 2.05) is 67.3 Å². The highest BCUT2D eigenvalue weighted by molar-refractivity contribution is 6.06. The largest absolute Gasteiger partial charge is 0.370 e. The van der Waals surface area contributed by atoms with Crippen LogP contribution in [-0.4, -0.2) is 35.1 Å². The Kier molecular flexibility index (Phi) is 5.01. The zero-order valence-corrected chi connectivity index (χ0v) is 16.2. The molecule has 0 N–H and O–H groups in total. The predicted molar refractivity (Wildman–Crippen MR) is 110 cm³/mol. The first kappa shape index (κ1) is 18.4. The summed E-state index contributed by atoms with van der Waals surface area (Å²) in [6.45, 7) is 5.43. The molecule has 1 aliphatic heterocycles. The Morgan fingerprint density at radius 1 is 1.04 bits per heavy atom. The van der Waals surface area contributed by atoms with Gasteiger partial charge in [0.15, 0.2) is 0 Å². The minimum atomic E-state index is -0.138. The molecule has 1 aliphatic rings. The quantitative estimate of drug-likeness (QED) is 0.699. The second-order valence-corrected chi connectivity index (χ2v) is 7.42. The molecule has 4 rings (SSSR count). The van der Waals surface area contributed by atoms with Crippen molar-refractivity contribution < 1.29 is 9.53 Å². The van der Waals surface area contributed by atoms with Crippen LogP contribution >= 0.6 is 0 Å². The van der Waals surface area contributed by atoms with Gasteiger partial charge in [0.2, 0.25) is 0 Å². The van der Waals surface area contributed by atoms with Crippen molar-refractivity contribution in [2.24, 2.45) is 0 Å². The summed E-state index contributed by atoms with van der Waals surface area (Å²) in [6.07, 6.45) is 1.58. The van der Waals surface area contributed by atoms with Gasteiger partial charge in [-0.05, 0) is 25.5 Å². The van der Waals surface area contributed by atoms with E-state index in [4.69, 9.17) is 4.74 Å². The molecule has 1 fully saturated rings. The van der Waals surface area contributed by atoms with Crippen LogP contribution in [0.25, 0.3) is 10.8 Å². The molecule has 2 aromatic carbocycles. The van der Waals surface area contributed by atoms with E-state index in [9.17, 15) is 9.59 Å². The van der Waals surface area contributed by atoms with Crippen LogP contribution < -0.4 is 5.56 Å². The Labute approximate surface area is 164 Å². The van der Waals surface area contributed by atoms with Crippen LogP contribution in [0.4, 0.5) is 0 Å². The Bertz CT molecular complexity index is 1060. The summed E-state index contributed by atoms with van der Waals surface area (Å²) in [5, 5.41) is 1.28. The fraction of sp³-hybridized carbons (Fsp3) is 0.304. The van der Waals surface area contributed by atoms with Crippen molar-refractivity contribution in [3.63, 3.8) is 0 Å². The topological polar surface area (TPSA) is 51.5 Å². The van der Waals surface area contributed by atoms with Gasteiger partial charge in [-0.2, -0.15) is 0 Å². The Morgan fingerprint density at radius 3 is 2.43 bits per heavy atom. The SMILES string of the molecule is CC(C)n1cc(C(=O)N2CCOC(c3ccccc3)C2)c2ccccc2c1=O. The van der Waals surface area contributed by atoms with Gasteiger partial charge in [-0.3, -0.25) is 9.59 Å². The zero-order valence-electron chi connectivity index (χ0n) is 16.2. The summed E-state index contributed by atoms with van der Waals surface area (Å²) in [6, 6.07) is 17.3. The number of carbonyl (C=O) groups excluding carboxylic acids is 1. The number of fused-ring (bicyclic) bond motifs is 1. The summed E-state index contributed by atoms with van der Waals surface area (Å²) in [5.74, 6) is -0.0603. The van der Waals surface area contributed by atoms with Crippen LogP contribution in [0.5, 0.6) is 0 Å². The van der Waals surface area contributed by atoms with Gasteiger partial charge in [-0.25, -0.2) is 0 Å². The fourth-order valence-corrected chi connectivity index (χ4v) is 3.74. The number of morpholine rings is 1. The summed E-state index contributed by atoms with van der Waals surface area (Å²) in [4.78, 5) is 28.0. The lowest BCUT2D eigenvalue weighted by atomic mass is 10.0. The molecule has 0 radical (unpaired) electrons. The molecule has 28 heavy (non-hydrogen) atoms. The van der Waals surface area contributed by atoms with Crippen LogP contribution in [0.15, 0.2) is 65.6 Å². The third kappa shape index (κ3) is 3.34. The van der Waals surface area contributed by atoms with Crippen LogP contribution in [-0.2, 0) is 4.74 Å². The number of amides is 1. The zero-order chi connectivity index (χ0) is 19.7. The van der Waals surface area contributed by atoms with Crippen LogP contribution in [0.1, 0.15) is 41.9 Å². The molecule has 0 bridgehead atoms. The van der Waals surface area contributed by atoms with Crippen molar-refractivity contribution in [1.82, 2.24) is 9.47 Å². The highest BCUT2D eigenvalue weighted by Crippen LogP contribution is 2.25. The molecule has 1 unspecified atom stereocenters. The Hall–Kier alpha value is -2.92. The van der Waals surface area contributed by atoms with E-state index in [0.29, 0.717) is 36.0 Å². The summed E-state index contributed by atoms with van der Waals surface area (Å²) >= 11 is 0. The van der Waals surface area contributed by atoms with Crippen molar-refractivity contribution in [2.45, 2.75) is 26.0 Å². The summed E-state index contributed by atoms with van der Waals surface area (Å²) < 4.78 is 7.54. The molecule has 144 valence electrons. The van der Waals surface area contributed by atoms with Crippen LogP contribution in [0.2, 0.25) is 0 Å². The maximum absolute atomic E-state index is 13.4. The monoisotopic (exact) mass is 376 g/mol. The Balaban J connectivity index is 1.72. The first-order valence-corrected chi connectivity index (χ1v) is 9.66.